The standard InChI is InChI=1S/C21H35N3O4S/c1-20(2,3)23-29(26,27)18-14-16(10-11-17(18)28-6)19(25)22-15-21(4,5)24-12-8-7-9-13-24/h10-11,14,23H,7-9,12-13,15H2,1-6H3,(H,22,25). The zero-order valence-electron chi connectivity index (χ0n) is 18.5. The third-order valence-corrected chi connectivity index (χ3v) is 6.83. The Hall–Kier alpha value is -1.64. The van der Waals surface area contributed by atoms with E-state index < -0.39 is 15.6 Å². The minimum absolute atomic E-state index is 0.0436. The molecule has 0 saturated carbocycles. The average Bonchev–Trinajstić information content (AvgIpc) is 2.64. The second-order valence-corrected chi connectivity index (χ2v) is 10.9. The summed E-state index contributed by atoms with van der Waals surface area (Å²) in [6.07, 6.45) is 3.61. The first kappa shape index (κ1) is 23.6. The number of likely N-dealkylation sites (tertiary alicyclic amines) is 1. The average molecular weight is 426 g/mol. The first-order valence-electron chi connectivity index (χ1n) is 10.1. The lowest BCUT2D eigenvalue weighted by molar-refractivity contribution is 0.0797. The fourth-order valence-corrected chi connectivity index (χ4v) is 5.11. The summed E-state index contributed by atoms with van der Waals surface area (Å²) < 4.78 is 33.4. The highest BCUT2D eigenvalue weighted by Crippen LogP contribution is 2.26. The lowest BCUT2D eigenvalue weighted by atomic mass is 9.98. The predicted molar refractivity (Wildman–Crippen MR) is 115 cm³/mol. The molecule has 1 aliphatic heterocycles. The third kappa shape index (κ3) is 6.42. The Labute approximate surface area is 175 Å². The largest absolute Gasteiger partial charge is 0.495 e. The summed E-state index contributed by atoms with van der Waals surface area (Å²) in [5, 5.41) is 2.96. The molecule has 1 saturated heterocycles. The maximum atomic E-state index is 12.8. The number of sulfonamides is 1. The fourth-order valence-electron chi connectivity index (χ4n) is 3.50. The minimum atomic E-state index is -3.84. The molecule has 1 aromatic rings. The number of nitrogens with zero attached hydrogens (tertiary/aromatic N) is 1. The normalized spacial score (nSPS) is 16.5. The van der Waals surface area contributed by atoms with Gasteiger partial charge in [-0.1, -0.05) is 6.42 Å². The highest BCUT2D eigenvalue weighted by atomic mass is 32.2. The number of ether oxygens (including phenoxy) is 1. The van der Waals surface area contributed by atoms with Crippen molar-refractivity contribution in [1.29, 1.82) is 0 Å². The van der Waals surface area contributed by atoms with Gasteiger partial charge in [0.25, 0.3) is 5.91 Å². The Bertz CT molecular complexity index is 823. The number of nitrogens with one attached hydrogen (secondary N) is 2. The highest BCUT2D eigenvalue weighted by Gasteiger charge is 2.29. The molecule has 7 nitrogen and oxygen atoms in total. The molecule has 0 bridgehead atoms. The summed E-state index contributed by atoms with van der Waals surface area (Å²) >= 11 is 0. The molecule has 1 aliphatic rings. The van der Waals surface area contributed by atoms with Gasteiger partial charge in [-0.3, -0.25) is 9.69 Å². The summed E-state index contributed by atoms with van der Waals surface area (Å²) in [6, 6.07) is 4.47. The van der Waals surface area contributed by atoms with Crippen molar-refractivity contribution in [3.05, 3.63) is 23.8 Å². The van der Waals surface area contributed by atoms with E-state index in [0.717, 1.165) is 13.1 Å². The second-order valence-electron chi connectivity index (χ2n) is 9.26. The molecule has 0 atom stereocenters. The second kappa shape index (κ2) is 9.02. The van der Waals surface area contributed by atoms with Gasteiger partial charge in [0.15, 0.2) is 0 Å². The van der Waals surface area contributed by atoms with Crippen LogP contribution in [-0.2, 0) is 10.0 Å². The van der Waals surface area contributed by atoms with E-state index in [1.165, 1.54) is 38.5 Å². The first-order chi connectivity index (χ1) is 13.4. The number of methoxy groups -OCH3 is 1. The molecule has 0 spiro atoms. The smallest absolute Gasteiger partial charge is 0.251 e. The Morgan fingerprint density at radius 1 is 1.10 bits per heavy atom. The maximum Gasteiger partial charge on any atom is 0.251 e. The van der Waals surface area contributed by atoms with E-state index in [-0.39, 0.29) is 27.7 Å². The van der Waals surface area contributed by atoms with Crippen LogP contribution in [0.25, 0.3) is 0 Å². The molecule has 164 valence electrons. The summed E-state index contributed by atoms with van der Waals surface area (Å²) in [5.74, 6) is -0.100. The van der Waals surface area contributed by atoms with E-state index in [9.17, 15) is 13.2 Å². The number of benzene rings is 1. The lowest BCUT2D eigenvalue weighted by Gasteiger charge is -2.41. The number of piperidine rings is 1. The van der Waals surface area contributed by atoms with E-state index >= 15 is 0 Å². The molecule has 1 amide bonds. The molecule has 0 aliphatic carbocycles. The molecule has 1 heterocycles. The van der Waals surface area contributed by atoms with Gasteiger partial charge >= 0.3 is 0 Å². The molecule has 1 fully saturated rings. The molecule has 2 N–H and O–H groups in total. The monoisotopic (exact) mass is 425 g/mol. The van der Waals surface area contributed by atoms with Crippen molar-refractivity contribution >= 4 is 15.9 Å². The predicted octanol–water partition coefficient (Wildman–Crippen LogP) is 2.77. The summed E-state index contributed by atoms with van der Waals surface area (Å²) in [5.41, 5.74) is -0.527. The van der Waals surface area contributed by atoms with E-state index in [0.29, 0.717) is 6.54 Å². The minimum Gasteiger partial charge on any atom is -0.495 e. The van der Waals surface area contributed by atoms with E-state index in [2.05, 4.69) is 28.8 Å². The van der Waals surface area contributed by atoms with Crippen molar-refractivity contribution in [3.8, 4) is 5.75 Å². The Kier molecular flexibility index (Phi) is 7.35. The SMILES string of the molecule is COc1ccc(C(=O)NCC(C)(C)N2CCCCC2)cc1S(=O)(=O)NC(C)(C)C. The zero-order chi connectivity index (χ0) is 21.9. The number of carbonyl (C=O) groups excluding carboxylic acids is 1. The van der Waals surface area contributed by atoms with E-state index in [4.69, 9.17) is 4.74 Å². The van der Waals surface area contributed by atoms with Crippen LogP contribution < -0.4 is 14.8 Å². The van der Waals surface area contributed by atoms with Crippen molar-refractivity contribution in [3.63, 3.8) is 0 Å². The molecule has 2 rings (SSSR count). The molecule has 0 aromatic heterocycles. The number of rotatable bonds is 7. The Morgan fingerprint density at radius 3 is 2.28 bits per heavy atom. The molecule has 0 unspecified atom stereocenters. The van der Waals surface area contributed by atoms with Crippen LogP contribution in [0.5, 0.6) is 5.75 Å². The van der Waals surface area contributed by atoms with Gasteiger partial charge in [-0.05, 0) is 78.7 Å². The van der Waals surface area contributed by atoms with Crippen LogP contribution in [0.4, 0.5) is 0 Å². The lowest BCUT2D eigenvalue weighted by Crippen LogP contribution is -2.53. The van der Waals surface area contributed by atoms with Gasteiger partial charge in [0.2, 0.25) is 10.0 Å². The highest BCUT2D eigenvalue weighted by molar-refractivity contribution is 7.89. The molecular formula is C21H35N3O4S. The van der Waals surface area contributed by atoms with Crippen LogP contribution in [0, 0.1) is 0 Å². The molecule has 1 aromatic carbocycles. The van der Waals surface area contributed by atoms with Gasteiger partial charge in [0, 0.05) is 23.2 Å². The van der Waals surface area contributed by atoms with Crippen molar-refractivity contribution in [2.24, 2.45) is 0 Å². The van der Waals surface area contributed by atoms with E-state index in [1.54, 1.807) is 26.8 Å². The Balaban J connectivity index is 2.18. The third-order valence-electron chi connectivity index (χ3n) is 5.05. The molecule has 0 radical (unpaired) electrons. The van der Waals surface area contributed by atoms with Gasteiger partial charge in [-0.2, -0.15) is 0 Å². The zero-order valence-corrected chi connectivity index (χ0v) is 19.3. The number of hydrogen-bond donors (Lipinski definition) is 2. The van der Waals surface area contributed by atoms with Gasteiger partial charge in [0.1, 0.15) is 10.6 Å². The number of amides is 1. The first-order valence-corrected chi connectivity index (χ1v) is 11.6. The maximum absolute atomic E-state index is 12.8. The molecule has 29 heavy (non-hydrogen) atoms. The Morgan fingerprint density at radius 2 is 1.72 bits per heavy atom. The van der Waals surface area contributed by atoms with Crippen molar-refractivity contribution in [1.82, 2.24) is 14.9 Å². The van der Waals surface area contributed by atoms with Gasteiger partial charge in [-0.15, -0.1) is 0 Å². The topological polar surface area (TPSA) is 87.7 Å². The van der Waals surface area contributed by atoms with Crippen molar-refractivity contribution < 1.29 is 17.9 Å². The van der Waals surface area contributed by atoms with Crippen LogP contribution in [0.1, 0.15) is 64.2 Å². The number of hydrogen-bond acceptors (Lipinski definition) is 5. The van der Waals surface area contributed by atoms with E-state index in [1.807, 2.05) is 0 Å². The van der Waals surface area contributed by atoms with Crippen LogP contribution in [0.3, 0.4) is 0 Å². The summed E-state index contributed by atoms with van der Waals surface area (Å²) in [6.45, 7) is 12.1. The van der Waals surface area contributed by atoms with Crippen molar-refractivity contribution in [2.45, 2.75) is 69.9 Å². The molecular weight excluding hydrogens is 390 g/mol. The fraction of sp³-hybridized carbons (Fsp3) is 0.667. The summed E-state index contributed by atoms with van der Waals surface area (Å²) in [4.78, 5) is 15.1. The van der Waals surface area contributed by atoms with Gasteiger partial charge in [0.05, 0.1) is 7.11 Å². The van der Waals surface area contributed by atoms with Crippen LogP contribution in [0.2, 0.25) is 0 Å². The van der Waals surface area contributed by atoms with Crippen LogP contribution >= 0.6 is 0 Å². The number of carbonyl (C=O) groups is 1. The van der Waals surface area contributed by atoms with Crippen LogP contribution in [-0.4, -0.2) is 57.0 Å². The molecule has 8 heteroatoms. The van der Waals surface area contributed by atoms with Gasteiger partial charge < -0.3 is 10.1 Å². The van der Waals surface area contributed by atoms with Gasteiger partial charge in [-0.25, -0.2) is 13.1 Å². The van der Waals surface area contributed by atoms with Crippen molar-refractivity contribution in [2.75, 3.05) is 26.7 Å². The summed E-state index contributed by atoms with van der Waals surface area (Å²) in [7, 11) is -2.43. The van der Waals surface area contributed by atoms with Crippen LogP contribution in [0.15, 0.2) is 23.1 Å². The quantitative estimate of drug-likeness (QED) is 0.701.